The number of fused-ring (bicyclic) bond motifs is 3. The molecule has 0 spiro atoms. The molecule has 0 saturated heterocycles. The van der Waals surface area contributed by atoms with Crippen molar-refractivity contribution in [2.45, 2.75) is 40.3 Å². The molecule has 3 aromatic rings. The van der Waals surface area contributed by atoms with Gasteiger partial charge in [-0.2, -0.15) is 13.2 Å². The van der Waals surface area contributed by atoms with Crippen molar-refractivity contribution in [3.05, 3.63) is 61.3 Å². The zero-order valence-corrected chi connectivity index (χ0v) is 23.0. The summed E-state index contributed by atoms with van der Waals surface area (Å²) in [5.41, 5.74) is 1.08. The number of amidine groups is 1. The van der Waals surface area contributed by atoms with Crippen LogP contribution in [-0.4, -0.2) is 40.3 Å². The van der Waals surface area contributed by atoms with Gasteiger partial charge in [0.25, 0.3) is 0 Å². The number of halogens is 5. The van der Waals surface area contributed by atoms with Gasteiger partial charge in [0.1, 0.15) is 23.3 Å². The molecule has 0 unspecified atom stereocenters. The molecule has 0 aliphatic carbocycles. The van der Waals surface area contributed by atoms with Crippen LogP contribution in [0.4, 0.5) is 39.1 Å². The number of rotatable bonds is 6. The van der Waals surface area contributed by atoms with E-state index in [1.165, 1.54) is 12.3 Å². The largest absolute Gasteiger partial charge is 0.393 e. The number of aromatic amines is 1. The van der Waals surface area contributed by atoms with E-state index in [-0.39, 0.29) is 74.5 Å². The van der Waals surface area contributed by atoms with E-state index in [2.05, 4.69) is 31.7 Å². The van der Waals surface area contributed by atoms with Crippen molar-refractivity contribution >= 4 is 23.0 Å². The summed E-state index contributed by atoms with van der Waals surface area (Å²) >= 11 is 0. The van der Waals surface area contributed by atoms with Crippen LogP contribution < -0.4 is 10.2 Å². The Bertz CT molecular complexity index is 1170. The molecule has 4 rings (SSSR count). The van der Waals surface area contributed by atoms with E-state index >= 15 is 0 Å². The summed E-state index contributed by atoms with van der Waals surface area (Å²) in [5, 5.41) is 9.47. The third-order valence-corrected chi connectivity index (χ3v) is 5.27. The Morgan fingerprint density at radius 3 is 2.38 bits per heavy atom. The second-order valence-corrected chi connectivity index (χ2v) is 7.72. The number of hydrogen-bond acceptors (Lipinski definition) is 5. The van der Waals surface area contributed by atoms with Gasteiger partial charge in [-0.3, -0.25) is 0 Å². The molecule has 1 aliphatic rings. The second kappa shape index (κ2) is 14.1. The quantitative estimate of drug-likeness (QED) is 0.169. The predicted molar refractivity (Wildman–Crippen MR) is 132 cm³/mol. The van der Waals surface area contributed by atoms with Crippen LogP contribution in [-0.2, 0) is 0 Å². The third kappa shape index (κ3) is 7.42. The monoisotopic (exact) mass is 673 g/mol. The van der Waals surface area contributed by atoms with Crippen LogP contribution in [0.15, 0.2) is 35.5 Å². The molecule has 0 amide bonds. The fourth-order valence-electron chi connectivity index (χ4n) is 3.55. The molecule has 1 aromatic carbocycles. The number of anilines is 2. The zero-order chi connectivity index (χ0) is 25.8. The molecular weight excluding hydrogens is 644 g/mol. The number of nitrogens with zero attached hydrogens (tertiary/aromatic N) is 4. The maximum atomic E-state index is 14.4. The van der Waals surface area contributed by atoms with Crippen molar-refractivity contribution in [1.29, 1.82) is 0 Å². The van der Waals surface area contributed by atoms with Crippen molar-refractivity contribution < 1.29 is 59.7 Å². The van der Waals surface area contributed by atoms with Gasteiger partial charge in [0.2, 0.25) is 0 Å². The third-order valence-electron chi connectivity index (χ3n) is 5.27. The van der Waals surface area contributed by atoms with Crippen LogP contribution in [0.2, 0.25) is 0 Å². The van der Waals surface area contributed by atoms with Gasteiger partial charge in [-0.25, -0.2) is 18.8 Å². The van der Waals surface area contributed by atoms with E-state index in [9.17, 15) is 22.0 Å². The minimum Gasteiger partial charge on any atom is -0.373 e. The summed E-state index contributed by atoms with van der Waals surface area (Å²) in [6.45, 7) is 7.08. The SMILES string of the molecule is CC.CCCN(C[C@@H](C)C(F)(F)F)c1cc2c(cn1)N=C(c1c(F)cccc1F)Nc1[c-]n[nH]c1-2.[CH3-].[Ho]. The standard InChI is InChI=1S/C22H20F5N6.C2H6.CH3.Ho/c1-3-7-33(11-12(2)22(25,26)27)18-8-13-16(9-28-18)30-21(31-17-10-29-32-20(13)17)19-14(23)5-4-6-15(19)24;1-2;;/h4-6,8-9,12H,3,7,11H2,1-2H3,(H,29,32)(H,30,31);1-2H3;1H3;/q-1;;-1;/t12-;;;/m1.../s1. The number of alkyl halides is 3. The molecule has 1 radical (unpaired) electrons. The Balaban J connectivity index is 0.00000167. The number of benzene rings is 1. The van der Waals surface area contributed by atoms with Crippen molar-refractivity contribution in [1.82, 2.24) is 15.2 Å². The summed E-state index contributed by atoms with van der Waals surface area (Å²) in [7, 11) is 0. The Labute approximate surface area is 243 Å². The van der Waals surface area contributed by atoms with Crippen LogP contribution in [0.25, 0.3) is 11.3 Å². The van der Waals surface area contributed by atoms with Crippen molar-refractivity contribution in [3.63, 3.8) is 0 Å². The Hall–Kier alpha value is -2.24. The molecule has 2 aromatic heterocycles. The fourth-order valence-corrected chi connectivity index (χ4v) is 3.55. The van der Waals surface area contributed by atoms with Gasteiger partial charge in [0, 0.05) is 50.8 Å². The topological polar surface area (TPSA) is 69.2 Å². The molecule has 12 heteroatoms. The Kier molecular flexibility index (Phi) is 12.5. The Morgan fingerprint density at radius 2 is 1.78 bits per heavy atom. The molecule has 0 fully saturated rings. The summed E-state index contributed by atoms with van der Waals surface area (Å²) in [6, 6.07) is 5.05. The molecule has 1 atom stereocenters. The summed E-state index contributed by atoms with van der Waals surface area (Å²) in [6.07, 6.45) is 0.318. The van der Waals surface area contributed by atoms with E-state index in [0.717, 1.165) is 19.1 Å². The first kappa shape index (κ1) is 32.8. The van der Waals surface area contributed by atoms with Crippen molar-refractivity contribution in [3.8, 4) is 11.3 Å². The van der Waals surface area contributed by atoms with Crippen LogP contribution in [0.1, 0.15) is 39.7 Å². The predicted octanol–water partition coefficient (Wildman–Crippen LogP) is 6.95. The van der Waals surface area contributed by atoms with Crippen LogP contribution >= 0.6 is 0 Å². The molecule has 2 N–H and O–H groups in total. The second-order valence-electron chi connectivity index (χ2n) is 7.72. The first-order chi connectivity index (χ1) is 16.7. The summed E-state index contributed by atoms with van der Waals surface area (Å²) in [4.78, 5) is 10.2. The molecule has 0 saturated carbocycles. The van der Waals surface area contributed by atoms with Crippen LogP contribution in [0.3, 0.4) is 0 Å². The van der Waals surface area contributed by atoms with Gasteiger partial charge >= 0.3 is 6.18 Å². The molecule has 3 heterocycles. The van der Waals surface area contributed by atoms with Gasteiger partial charge in [0.15, 0.2) is 0 Å². The number of aliphatic imine (C=N–C) groups is 1. The van der Waals surface area contributed by atoms with E-state index in [0.29, 0.717) is 30.0 Å². The van der Waals surface area contributed by atoms with E-state index < -0.39 is 23.7 Å². The summed E-state index contributed by atoms with van der Waals surface area (Å²) < 4.78 is 68.3. The first-order valence-electron chi connectivity index (χ1n) is 11.3. The Morgan fingerprint density at radius 1 is 1.14 bits per heavy atom. The van der Waals surface area contributed by atoms with E-state index in [1.807, 2.05) is 20.8 Å². The fraction of sp³-hybridized carbons (Fsp3) is 0.360. The molecule has 207 valence electrons. The van der Waals surface area contributed by atoms with Gasteiger partial charge in [0.05, 0.1) is 23.4 Å². The number of H-pyrrole nitrogens is 1. The van der Waals surface area contributed by atoms with Gasteiger partial charge in [-0.15, -0.1) is 0 Å². The van der Waals surface area contributed by atoms with Crippen LogP contribution in [0.5, 0.6) is 0 Å². The molecular formula is C25H29F5HoN6-2. The van der Waals surface area contributed by atoms with Gasteiger partial charge < -0.3 is 27.8 Å². The van der Waals surface area contributed by atoms with Crippen molar-refractivity contribution in [2.75, 3.05) is 23.3 Å². The zero-order valence-electron chi connectivity index (χ0n) is 21.1. The normalized spacial score (nSPS) is 12.6. The first-order valence-corrected chi connectivity index (χ1v) is 11.3. The minimum atomic E-state index is -4.34. The molecule has 0 bridgehead atoms. The maximum absolute atomic E-state index is 14.4. The van der Waals surface area contributed by atoms with E-state index in [4.69, 9.17) is 0 Å². The number of aromatic nitrogens is 3. The van der Waals surface area contributed by atoms with E-state index in [1.54, 1.807) is 11.0 Å². The van der Waals surface area contributed by atoms with Gasteiger partial charge in [-0.1, -0.05) is 56.9 Å². The van der Waals surface area contributed by atoms with Crippen LogP contribution in [0, 0.1) is 68.9 Å². The molecule has 37 heavy (non-hydrogen) atoms. The van der Waals surface area contributed by atoms with Crippen molar-refractivity contribution in [2.24, 2.45) is 10.9 Å². The smallest absolute Gasteiger partial charge is 0.373 e. The average Bonchev–Trinajstić information content (AvgIpc) is 3.21. The molecule has 1 aliphatic heterocycles. The number of hydrogen-bond donors (Lipinski definition) is 2. The van der Waals surface area contributed by atoms with Gasteiger partial charge in [-0.05, 0) is 24.6 Å². The maximum Gasteiger partial charge on any atom is 0.393 e. The number of pyridine rings is 1. The average molecular weight is 673 g/mol. The molecule has 6 nitrogen and oxygen atoms in total. The summed E-state index contributed by atoms with van der Waals surface area (Å²) in [5.74, 6) is -2.96. The minimum absolute atomic E-state index is 0. The number of nitrogens with one attached hydrogen (secondary N) is 2.